The lowest BCUT2D eigenvalue weighted by atomic mass is 9.85. The van der Waals surface area contributed by atoms with Gasteiger partial charge in [-0.3, -0.25) is 19.6 Å². The zero-order valence-electron chi connectivity index (χ0n) is 25.9. The number of carbonyl (C=O) groups is 2. The molecule has 9 heteroatoms. The molecule has 2 aromatic carbocycles. The highest BCUT2D eigenvalue weighted by molar-refractivity contribution is 6.09. The molecule has 0 spiro atoms. The van der Waals surface area contributed by atoms with E-state index in [-0.39, 0.29) is 22.3 Å². The van der Waals surface area contributed by atoms with Gasteiger partial charge in [-0.1, -0.05) is 26.8 Å². The predicted molar refractivity (Wildman–Crippen MR) is 173 cm³/mol. The normalized spacial score (nSPS) is 11.2. The lowest BCUT2D eigenvalue weighted by Crippen LogP contribution is -2.19. The predicted octanol–water partition coefficient (Wildman–Crippen LogP) is 6.90. The fourth-order valence-corrected chi connectivity index (χ4v) is 3.91. The molecule has 0 bridgehead atoms. The van der Waals surface area contributed by atoms with Crippen molar-refractivity contribution in [3.05, 3.63) is 102 Å². The van der Waals surface area contributed by atoms with Gasteiger partial charge in [0, 0.05) is 18.9 Å². The second-order valence-electron chi connectivity index (χ2n) is 10.3. The van der Waals surface area contributed by atoms with Gasteiger partial charge in [0.25, 0.3) is 11.8 Å². The van der Waals surface area contributed by atoms with Crippen LogP contribution in [0.4, 0.5) is 11.4 Å². The van der Waals surface area contributed by atoms with Crippen molar-refractivity contribution in [2.75, 3.05) is 31.4 Å². The first kappa shape index (κ1) is 34.0. The SMILES string of the molecule is C/C=C\C(COc1ccc(NC(=O)c2cc(C(=O)Nc3cc(C(C)(C)C)cc(C#N)c3OC)cnc2C)cc1)=NC.C=C. The van der Waals surface area contributed by atoms with E-state index in [9.17, 15) is 14.9 Å². The third kappa shape index (κ3) is 9.13. The molecule has 1 aromatic heterocycles. The van der Waals surface area contributed by atoms with Crippen LogP contribution in [0.15, 0.2) is 79.0 Å². The summed E-state index contributed by atoms with van der Waals surface area (Å²) in [5.41, 5.74) is 3.53. The smallest absolute Gasteiger partial charge is 0.257 e. The first-order valence-corrected chi connectivity index (χ1v) is 13.5. The number of anilines is 2. The molecule has 0 aliphatic carbocycles. The number of ether oxygens (including phenoxy) is 2. The number of nitrogens with one attached hydrogen (secondary N) is 2. The minimum atomic E-state index is -0.491. The molecule has 2 amide bonds. The minimum Gasteiger partial charge on any atom is -0.493 e. The summed E-state index contributed by atoms with van der Waals surface area (Å²) in [6.07, 6.45) is 5.18. The lowest BCUT2D eigenvalue weighted by molar-refractivity contribution is 0.102. The van der Waals surface area contributed by atoms with Gasteiger partial charge in [-0.05, 0) is 73.4 Å². The highest BCUT2D eigenvalue weighted by Gasteiger charge is 2.22. The van der Waals surface area contributed by atoms with E-state index in [2.05, 4.69) is 39.8 Å². The molecule has 2 N–H and O–H groups in total. The second-order valence-corrected chi connectivity index (χ2v) is 10.3. The molecule has 43 heavy (non-hydrogen) atoms. The zero-order chi connectivity index (χ0) is 32.2. The molecule has 0 radical (unpaired) electrons. The third-order valence-corrected chi connectivity index (χ3v) is 6.27. The Bertz CT molecular complexity index is 1540. The Morgan fingerprint density at radius 3 is 2.33 bits per heavy atom. The second kappa shape index (κ2) is 15.7. The summed E-state index contributed by atoms with van der Waals surface area (Å²) in [6, 6.07) is 14.1. The standard InChI is InChI=1S/C32H35N5O4.C2H4/c1-8-9-25(34-6)19-41-26-12-10-24(11-13-26)36-31(39)27-15-22(18-35-20(27)2)30(38)37-28-16-23(32(3,4)5)14-21(17-33)29(28)40-7;1-2/h8-16,18H,19H2,1-7H3,(H,36,39)(H,37,38);1-2H2/b9-8-,34-25?;. The van der Waals surface area contributed by atoms with Gasteiger partial charge >= 0.3 is 0 Å². The maximum Gasteiger partial charge on any atom is 0.257 e. The highest BCUT2D eigenvalue weighted by Crippen LogP contribution is 2.35. The Labute approximate surface area is 254 Å². The Balaban J connectivity index is 0.00000316. The summed E-state index contributed by atoms with van der Waals surface area (Å²) < 4.78 is 11.2. The number of hydrogen-bond acceptors (Lipinski definition) is 7. The number of aryl methyl sites for hydroxylation is 1. The van der Waals surface area contributed by atoms with Gasteiger partial charge in [-0.15, -0.1) is 13.2 Å². The van der Waals surface area contributed by atoms with Crippen molar-refractivity contribution >= 4 is 28.9 Å². The Morgan fingerprint density at radius 2 is 1.77 bits per heavy atom. The first-order valence-electron chi connectivity index (χ1n) is 13.5. The minimum absolute atomic E-state index is 0.181. The van der Waals surface area contributed by atoms with Gasteiger partial charge in [0.2, 0.25) is 0 Å². The molecule has 0 aliphatic rings. The Kier molecular flexibility index (Phi) is 12.4. The molecule has 224 valence electrons. The van der Waals surface area contributed by atoms with Crippen LogP contribution in [0.25, 0.3) is 0 Å². The molecule has 0 saturated carbocycles. The van der Waals surface area contributed by atoms with Crippen molar-refractivity contribution in [2.45, 2.75) is 40.0 Å². The summed E-state index contributed by atoms with van der Waals surface area (Å²) in [4.78, 5) is 34.8. The van der Waals surface area contributed by atoms with E-state index < -0.39 is 11.8 Å². The van der Waals surface area contributed by atoms with Crippen LogP contribution in [0.1, 0.15) is 65.2 Å². The largest absolute Gasteiger partial charge is 0.493 e. The number of allylic oxidation sites excluding steroid dienone is 1. The van der Waals surface area contributed by atoms with E-state index in [0.717, 1.165) is 11.3 Å². The van der Waals surface area contributed by atoms with Crippen molar-refractivity contribution in [1.29, 1.82) is 5.26 Å². The van der Waals surface area contributed by atoms with E-state index in [4.69, 9.17) is 9.47 Å². The number of aliphatic imine (C=N–C) groups is 1. The molecule has 1 heterocycles. The van der Waals surface area contributed by atoms with Crippen molar-refractivity contribution in [1.82, 2.24) is 4.98 Å². The number of carbonyl (C=O) groups excluding carboxylic acids is 2. The number of methoxy groups -OCH3 is 1. The Hall–Kier alpha value is -5.23. The first-order chi connectivity index (χ1) is 20.5. The van der Waals surface area contributed by atoms with Gasteiger partial charge in [-0.2, -0.15) is 5.26 Å². The van der Waals surface area contributed by atoms with Crippen molar-refractivity contribution < 1.29 is 19.1 Å². The van der Waals surface area contributed by atoms with Gasteiger partial charge < -0.3 is 20.1 Å². The summed E-state index contributed by atoms with van der Waals surface area (Å²) in [7, 11) is 3.15. The molecule has 0 saturated heterocycles. The quantitative estimate of drug-likeness (QED) is 0.209. The molecule has 9 nitrogen and oxygen atoms in total. The fourth-order valence-electron chi connectivity index (χ4n) is 3.91. The van der Waals surface area contributed by atoms with E-state index in [0.29, 0.717) is 35.0 Å². The van der Waals surface area contributed by atoms with Crippen LogP contribution in [-0.4, -0.2) is 43.3 Å². The Morgan fingerprint density at radius 1 is 1.09 bits per heavy atom. The summed E-state index contributed by atoms with van der Waals surface area (Å²) >= 11 is 0. The van der Waals surface area contributed by atoms with Crippen LogP contribution in [0.5, 0.6) is 11.5 Å². The number of nitriles is 1. The maximum absolute atomic E-state index is 13.2. The molecule has 3 aromatic rings. The number of aromatic nitrogens is 1. The highest BCUT2D eigenvalue weighted by atomic mass is 16.5. The lowest BCUT2D eigenvalue weighted by Gasteiger charge is -2.22. The van der Waals surface area contributed by atoms with Gasteiger partial charge in [0.15, 0.2) is 5.75 Å². The molecule has 0 aliphatic heterocycles. The molecule has 0 atom stereocenters. The van der Waals surface area contributed by atoms with E-state index in [1.165, 1.54) is 19.4 Å². The number of nitrogens with zero attached hydrogens (tertiary/aromatic N) is 3. The summed E-state index contributed by atoms with van der Waals surface area (Å²) in [6.45, 7) is 16.0. The van der Waals surface area contributed by atoms with Crippen molar-refractivity contribution in [2.24, 2.45) is 4.99 Å². The molecule has 3 rings (SSSR count). The molecular weight excluding hydrogens is 542 g/mol. The summed E-state index contributed by atoms with van der Waals surface area (Å²) in [5.74, 6) is -0.00452. The number of pyridine rings is 1. The van der Waals surface area contributed by atoms with E-state index in [1.807, 2.05) is 39.8 Å². The average Bonchev–Trinajstić information content (AvgIpc) is 3.00. The van der Waals surface area contributed by atoms with E-state index in [1.54, 1.807) is 50.4 Å². The number of amides is 2. The van der Waals surface area contributed by atoms with Crippen LogP contribution >= 0.6 is 0 Å². The van der Waals surface area contributed by atoms with Crippen LogP contribution in [0.3, 0.4) is 0 Å². The maximum atomic E-state index is 13.2. The van der Waals surface area contributed by atoms with Gasteiger partial charge in [0.05, 0.1) is 40.9 Å². The number of benzene rings is 2. The average molecular weight is 582 g/mol. The number of rotatable bonds is 9. The molecular formula is C34H39N5O4. The third-order valence-electron chi connectivity index (χ3n) is 6.27. The van der Waals surface area contributed by atoms with E-state index >= 15 is 0 Å². The van der Waals surface area contributed by atoms with Crippen LogP contribution < -0.4 is 20.1 Å². The van der Waals surface area contributed by atoms with Gasteiger partial charge in [0.1, 0.15) is 18.4 Å². The topological polar surface area (TPSA) is 126 Å². The van der Waals surface area contributed by atoms with Gasteiger partial charge in [-0.25, -0.2) is 0 Å². The molecule has 0 unspecified atom stereocenters. The fraction of sp³-hybridized carbons (Fsp3) is 0.265. The monoisotopic (exact) mass is 581 g/mol. The van der Waals surface area contributed by atoms with Crippen LogP contribution in [0.2, 0.25) is 0 Å². The molecule has 0 fully saturated rings. The van der Waals surface area contributed by atoms with Crippen LogP contribution in [0, 0.1) is 18.3 Å². The van der Waals surface area contributed by atoms with Crippen LogP contribution in [-0.2, 0) is 5.41 Å². The zero-order valence-corrected chi connectivity index (χ0v) is 25.9. The van der Waals surface area contributed by atoms with Crippen molar-refractivity contribution in [3.8, 4) is 17.6 Å². The van der Waals surface area contributed by atoms with Crippen molar-refractivity contribution in [3.63, 3.8) is 0 Å². The summed E-state index contributed by atoms with van der Waals surface area (Å²) in [5, 5.41) is 15.3. The number of hydrogen-bond donors (Lipinski definition) is 2.